The zero-order valence-corrected chi connectivity index (χ0v) is 7.83. The second kappa shape index (κ2) is 4.41. The number of hydrogen-bond donors (Lipinski definition) is 0. The van der Waals surface area contributed by atoms with Crippen LogP contribution in [0.5, 0.6) is 0 Å². The molecule has 1 heteroatoms. The monoisotopic (exact) mass is 171 g/mol. The van der Waals surface area contributed by atoms with Crippen LogP contribution in [-0.4, -0.2) is 4.98 Å². The summed E-state index contributed by atoms with van der Waals surface area (Å²) in [7, 11) is 0. The first-order valence-corrected chi connectivity index (χ1v) is 4.19. The third-order valence-corrected chi connectivity index (χ3v) is 1.75. The average Bonchev–Trinajstić information content (AvgIpc) is 2.19. The van der Waals surface area contributed by atoms with Gasteiger partial charge >= 0.3 is 0 Å². The maximum atomic E-state index is 4.28. The quantitative estimate of drug-likeness (QED) is 0.679. The van der Waals surface area contributed by atoms with Crippen LogP contribution >= 0.6 is 0 Å². The average molecular weight is 171 g/mol. The van der Waals surface area contributed by atoms with Crippen LogP contribution in [0.25, 0.3) is 18.2 Å². The molecule has 66 valence electrons. The van der Waals surface area contributed by atoms with Crippen molar-refractivity contribution in [1.29, 1.82) is 0 Å². The molecule has 0 saturated carbocycles. The van der Waals surface area contributed by atoms with Crippen LogP contribution in [0.2, 0.25) is 0 Å². The predicted molar refractivity (Wildman–Crippen MR) is 59.1 cm³/mol. The molecule has 0 aliphatic carbocycles. The van der Waals surface area contributed by atoms with Crippen molar-refractivity contribution in [3.05, 3.63) is 48.3 Å². The summed E-state index contributed by atoms with van der Waals surface area (Å²) in [4.78, 5) is 4.28. The van der Waals surface area contributed by atoms with Crippen molar-refractivity contribution in [1.82, 2.24) is 4.98 Å². The van der Waals surface area contributed by atoms with Gasteiger partial charge in [0.2, 0.25) is 0 Å². The third kappa shape index (κ3) is 2.15. The van der Waals surface area contributed by atoms with Gasteiger partial charge in [0.25, 0.3) is 0 Å². The van der Waals surface area contributed by atoms with Gasteiger partial charge in [-0.15, -0.1) is 0 Å². The van der Waals surface area contributed by atoms with Gasteiger partial charge in [-0.3, -0.25) is 4.98 Å². The first kappa shape index (κ1) is 9.46. The van der Waals surface area contributed by atoms with Crippen molar-refractivity contribution in [3.8, 4) is 0 Å². The van der Waals surface area contributed by atoms with Gasteiger partial charge in [0.05, 0.1) is 5.69 Å². The Bertz CT molecular complexity index is 348. The van der Waals surface area contributed by atoms with E-state index in [1.165, 1.54) is 0 Å². The number of rotatable bonds is 3. The number of hydrogen-bond acceptors (Lipinski definition) is 1. The summed E-state index contributed by atoms with van der Waals surface area (Å²) in [6.07, 6.45) is 9.30. The van der Waals surface area contributed by atoms with Crippen LogP contribution in [0.15, 0.2) is 31.5 Å². The molecule has 1 aromatic rings. The van der Waals surface area contributed by atoms with Crippen LogP contribution < -0.4 is 0 Å². The highest BCUT2D eigenvalue weighted by Crippen LogP contribution is 2.12. The van der Waals surface area contributed by atoms with E-state index in [-0.39, 0.29) is 0 Å². The normalized spacial score (nSPS) is 10.2. The first-order chi connectivity index (χ1) is 6.31. The van der Waals surface area contributed by atoms with Gasteiger partial charge in [0.1, 0.15) is 0 Å². The van der Waals surface area contributed by atoms with Crippen LogP contribution in [0.3, 0.4) is 0 Å². The standard InChI is InChI=1S/C12H13N/c1-4-7-12-11(6-3)8-10(5-2)9-13-12/h4-9H,2-3H2,1H3. The Morgan fingerprint density at radius 2 is 2.08 bits per heavy atom. The molecule has 0 N–H and O–H groups in total. The van der Waals surface area contributed by atoms with Gasteiger partial charge in [0, 0.05) is 11.8 Å². The Labute approximate surface area is 79.1 Å². The predicted octanol–water partition coefficient (Wildman–Crippen LogP) is 3.40. The highest BCUT2D eigenvalue weighted by molar-refractivity contribution is 5.64. The van der Waals surface area contributed by atoms with Crippen molar-refractivity contribution >= 4 is 18.2 Å². The molecule has 1 nitrogen and oxygen atoms in total. The van der Waals surface area contributed by atoms with Crippen LogP contribution in [0.1, 0.15) is 23.7 Å². The Morgan fingerprint density at radius 3 is 2.62 bits per heavy atom. The number of aromatic nitrogens is 1. The van der Waals surface area contributed by atoms with Crippen LogP contribution in [-0.2, 0) is 0 Å². The lowest BCUT2D eigenvalue weighted by Gasteiger charge is -2.00. The Kier molecular flexibility index (Phi) is 3.21. The summed E-state index contributed by atoms with van der Waals surface area (Å²) in [6.45, 7) is 9.40. The van der Waals surface area contributed by atoms with Gasteiger partial charge in [-0.1, -0.05) is 31.4 Å². The van der Waals surface area contributed by atoms with Gasteiger partial charge < -0.3 is 0 Å². The summed E-state index contributed by atoms with van der Waals surface area (Å²) in [5, 5.41) is 0. The van der Waals surface area contributed by atoms with Crippen molar-refractivity contribution in [2.45, 2.75) is 6.92 Å². The summed E-state index contributed by atoms with van der Waals surface area (Å²) in [5.74, 6) is 0. The van der Waals surface area contributed by atoms with E-state index in [4.69, 9.17) is 0 Å². The second-order valence-corrected chi connectivity index (χ2v) is 2.65. The molecule has 1 aromatic heterocycles. The smallest absolute Gasteiger partial charge is 0.0698 e. The molecule has 1 heterocycles. The first-order valence-electron chi connectivity index (χ1n) is 4.19. The summed E-state index contributed by atoms with van der Waals surface area (Å²) < 4.78 is 0. The molecule has 0 spiro atoms. The second-order valence-electron chi connectivity index (χ2n) is 2.65. The molecule has 0 radical (unpaired) electrons. The zero-order valence-electron chi connectivity index (χ0n) is 7.83. The van der Waals surface area contributed by atoms with E-state index in [9.17, 15) is 0 Å². The van der Waals surface area contributed by atoms with Gasteiger partial charge in [-0.05, 0) is 24.6 Å². The minimum absolute atomic E-state index is 0.947. The number of pyridine rings is 1. The fraction of sp³-hybridized carbons (Fsp3) is 0.0833. The molecule has 0 saturated heterocycles. The molecule has 0 unspecified atom stereocenters. The zero-order chi connectivity index (χ0) is 9.68. The maximum absolute atomic E-state index is 4.28. The Morgan fingerprint density at radius 1 is 1.31 bits per heavy atom. The van der Waals surface area contributed by atoms with Gasteiger partial charge in [0.15, 0.2) is 0 Å². The highest BCUT2D eigenvalue weighted by atomic mass is 14.7. The molecule has 0 atom stereocenters. The van der Waals surface area contributed by atoms with Crippen molar-refractivity contribution < 1.29 is 0 Å². The van der Waals surface area contributed by atoms with E-state index in [2.05, 4.69) is 18.1 Å². The fourth-order valence-electron chi connectivity index (χ4n) is 1.08. The lowest BCUT2D eigenvalue weighted by Crippen LogP contribution is -1.87. The van der Waals surface area contributed by atoms with E-state index in [1.54, 1.807) is 18.3 Å². The van der Waals surface area contributed by atoms with E-state index in [0.717, 1.165) is 16.8 Å². The molecule has 13 heavy (non-hydrogen) atoms. The van der Waals surface area contributed by atoms with E-state index < -0.39 is 0 Å². The SMILES string of the molecule is C=Cc1cnc(C=CC)c(C=C)c1. The van der Waals surface area contributed by atoms with Crippen molar-refractivity contribution in [2.75, 3.05) is 0 Å². The highest BCUT2D eigenvalue weighted by Gasteiger charge is 1.96. The molecular formula is C12H13N. The van der Waals surface area contributed by atoms with Crippen LogP contribution in [0, 0.1) is 0 Å². The molecule has 0 aliphatic heterocycles. The Hall–Kier alpha value is -1.63. The Balaban J connectivity index is 3.22. The minimum Gasteiger partial charge on any atom is -0.256 e. The van der Waals surface area contributed by atoms with E-state index in [0.29, 0.717) is 0 Å². The van der Waals surface area contributed by atoms with Crippen molar-refractivity contribution in [3.63, 3.8) is 0 Å². The number of allylic oxidation sites excluding steroid dienone is 1. The summed E-state index contributed by atoms with van der Waals surface area (Å²) in [5.41, 5.74) is 3.00. The lowest BCUT2D eigenvalue weighted by molar-refractivity contribution is 1.27. The minimum atomic E-state index is 0.947. The molecule has 0 aliphatic rings. The molecular weight excluding hydrogens is 158 g/mol. The van der Waals surface area contributed by atoms with Crippen LogP contribution in [0.4, 0.5) is 0 Å². The topological polar surface area (TPSA) is 12.9 Å². The largest absolute Gasteiger partial charge is 0.256 e. The molecule has 0 bridgehead atoms. The fourth-order valence-corrected chi connectivity index (χ4v) is 1.08. The molecule has 0 aromatic carbocycles. The molecule has 1 rings (SSSR count). The summed E-state index contributed by atoms with van der Waals surface area (Å²) >= 11 is 0. The molecule has 0 fully saturated rings. The van der Waals surface area contributed by atoms with E-state index >= 15 is 0 Å². The van der Waals surface area contributed by atoms with Crippen molar-refractivity contribution in [2.24, 2.45) is 0 Å². The lowest BCUT2D eigenvalue weighted by atomic mass is 10.1. The van der Waals surface area contributed by atoms with Gasteiger partial charge in [-0.25, -0.2) is 0 Å². The number of nitrogens with zero attached hydrogens (tertiary/aromatic N) is 1. The van der Waals surface area contributed by atoms with Gasteiger partial charge in [-0.2, -0.15) is 0 Å². The molecule has 0 amide bonds. The maximum Gasteiger partial charge on any atom is 0.0698 e. The van der Waals surface area contributed by atoms with E-state index in [1.807, 2.05) is 25.1 Å². The third-order valence-electron chi connectivity index (χ3n) is 1.75. The summed E-state index contributed by atoms with van der Waals surface area (Å²) in [6, 6.07) is 2.02.